The third-order valence-corrected chi connectivity index (χ3v) is 6.13. The quantitative estimate of drug-likeness (QED) is 0.339. The van der Waals surface area contributed by atoms with Crippen molar-refractivity contribution in [2.75, 3.05) is 6.54 Å². The topological polar surface area (TPSA) is 147 Å². The van der Waals surface area contributed by atoms with Crippen LogP contribution in [-0.4, -0.2) is 59.7 Å². The Morgan fingerprint density at radius 2 is 1.58 bits per heavy atom. The number of fused-ring (bicyclic) bond motifs is 1. The van der Waals surface area contributed by atoms with Gasteiger partial charge in [0.15, 0.2) is 0 Å². The predicted molar refractivity (Wildman–Crippen MR) is 103 cm³/mol. The number of imide groups is 1. The van der Waals surface area contributed by atoms with Crippen molar-refractivity contribution in [3.8, 4) is 5.75 Å². The van der Waals surface area contributed by atoms with Crippen molar-refractivity contribution in [1.29, 1.82) is 0 Å². The number of nitrogens with two attached hydrogens (primary N) is 1. The molecule has 10 nitrogen and oxygen atoms in total. The Bertz CT molecular complexity index is 1160. The average Bonchev–Trinajstić information content (AvgIpc) is 3.00. The number of alkyl halides is 3. The molecule has 176 valence electrons. The molecule has 33 heavy (non-hydrogen) atoms. The number of hydrogen-bond acceptors (Lipinski definition) is 8. The minimum Gasteiger partial charge on any atom is -0.406 e. The molecule has 0 bridgehead atoms. The standard InChI is InChI=1S/C19H16F3N3O7S/c20-19(21,22)32-11-5-7-12(8-6-11)33(30,31)25(29)18(28)15(23)9-10-24-16(26)13-3-1-2-4-14(13)17(24)27/h1-8,15,29H,9-10,23H2. The zero-order chi connectivity index (χ0) is 24.6. The van der Waals surface area contributed by atoms with Gasteiger partial charge in [0.1, 0.15) is 5.75 Å². The van der Waals surface area contributed by atoms with Gasteiger partial charge in [-0.25, -0.2) is 0 Å². The lowest BCUT2D eigenvalue weighted by molar-refractivity contribution is -0.274. The van der Waals surface area contributed by atoms with Crippen LogP contribution in [-0.2, 0) is 14.8 Å². The molecular weight excluding hydrogens is 471 g/mol. The first-order valence-corrected chi connectivity index (χ1v) is 10.6. The molecule has 2 aromatic rings. The maximum absolute atomic E-state index is 12.4. The van der Waals surface area contributed by atoms with Gasteiger partial charge in [-0.15, -0.1) is 17.6 Å². The number of amides is 3. The van der Waals surface area contributed by atoms with Crippen LogP contribution in [0.15, 0.2) is 53.4 Å². The summed E-state index contributed by atoms with van der Waals surface area (Å²) in [6.07, 6.45) is -5.36. The number of halogens is 3. The minimum absolute atomic E-state index is 0.173. The predicted octanol–water partition coefficient (Wildman–Crippen LogP) is 1.51. The number of hydroxylamine groups is 1. The van der Waals surface area contributed by atoms with Crippen molar-refractivity contribution >= 4 is 27.7 Å². The van der Waals surface area contributed by atoms with Crippen LogP contribution in [0.3, 0.4) is 0 Å². The van der Waals surface area contributed by atoms with Crippen LogP contribution in [0.5, 0.6) is 5.75 Å². The number of carbonyl (C=O) groups excluding carboxylic acids is 3. The third kappa shape index (κ3) is 4.97. The summed E-state index contributed by atoms with van der Waals surface area (Å²) in [7, 11) is -4.87. The molecule has 3 rings (SSSR count). The second-order valence-electron chi connectivity index (χ2n) is 6.81. The molecule has 3 amide bonds. The summed E-state index contributed by atoms with van der Waals surface area (Å²) in [5.41, 5.74) is 6.00. The van der Waals surface area contributed by atoms with Gasteiger partial charge in [0.2, 0.25) is 0 Å². The number of sulfonamides is 1. The molecule has 1 aliphatic rings. The van der Waals surface area contributed by atoms with E-state index in [0.717, 1.165) is 4.90 Å². The summed E-state index contributed by atoms with van der Waals surface area (Å²) in [5, 5.41) is 9.92. The molecule has 2 aromatic carbocycles. The summed E-state index contributed by atoms with van der Waals surface area (Å²) in [6, 6.07) is 7.16. The monoisotopic (exact) mass is 487 g/mol. The van der Waals surface area contributed by atoms with Gasteiger partial charge in [0.25, 0.3) is 27.7 Å². The molecule has 1 aliphatic heterocycles. The average molecular weight is 487 g/mol. The van der Waals surface area contributed by atoms with Crippen molar-refractivity contribution in [2.24, 2.45) is 5.73 Å². The van der Waals surface area contributed by atoms with Gasteiger partial charge >= 0.3 is 6.36 Å². The van der Waals surface area contributed by atoms with Gasteiger partial charge in [-0.1, -0.05) is 12.1 Å². The van der Waals surface area contributed by atoms with Crippen LogP contribution in [0.2, 0.25) is 0 Å². The highest BCUT2D eigenvalue weighted by molar-refractivity contribution is 7.89. The molecule has 0 spiro atoms. The fourth-order valence-electron chi connectivity index (χ4n) is 3.01. The Kier molecular flexibility index (Phi) is 6.44. The van der Waals surface area contributed by atoms with Gasteiger partial charge in [-0.05, 0) is 42.8 Å². The van der Waals surface area contributed by atoms with E-state index in [0.29, 0.717) is 24.3 Å². The van der Waals surface area contributed by atoms with Crippen molar-refractivity contribution in [2.45, 2.75) is 23.7 Å². The van der Waals surface area contributed by atoms with E-state index in [4.69, 9.17) is 5.73 Å². The van der Waals surface area contributed by atoms with Crippen LogP contribution in [0.25, 0.3) is 0 Å². The molecule has 1 heterocycles. The number of ether oxygens (including phenoxy) is 1. The summed E-state index contributed by atoms with van der Waals surface area (Å²) >= 11 is 0. The molecule has 0 aliphatic carbocycles. The second-order valence-corrected chi connectivity index (χ2v) is 8.58. The molecule has 0 saturated carbocycles. The van der Waals surface area contributed by atoms with Crippen LogP contribution in [0, 0.1) is 0 Å². The summed E-state index contributed by atoms with van der Waals surface area (Å²) in [4.78, 5) is 37.1. The highest BCUT2D eigenvalue weighted by Crippen LogP contribution is 2.25. The molecule has 1 atom stereocenters. The lowest BCUT2D eigenvalue weighted by Crippen LogP contribution is -2.46. The van der Waals surface area contributed by atoms with E-state index in [9.17, 15) is 41.2 Å². The smallest absolute Gasteiger partial charge is 0.406 e. The summed E-state index contributed by atoms with van der Waals surface area (Å²) < 4.78 is 64.4. The number of benzene rings is 2. The molecule has 0 fully saturated rings. The van der Waals surface area contributed by atoms with Crippen molar-refractivity contribution in [1.82, 2.24) is 9.37 Å². The van der Waals surface area contributed by atoms with E-state index >= 15 is 0 Å². The van der Waals surface area contributed by atoms with E-state index < -0.39 is 55.3 Å². The molecule has 1 unspecified atom stereocenters. The third-order valence-electron chi connectivity index (χ3n) is 4.63. The molecule has 14 heteroatoms. The molecule has 0 saturated heterocycles. The maximum atomic E-state index is 12.4. The lowest BCUT2D eigenvalue weighted by Gasteiger charge is -2.21. The van der Waals surface area contributed by atoms with E-state index in [2.05, 4.69) is 4.74 Å². The fourth-order valence-corrected chi connectivity index (χ4v) is 4.06. The Morgan fingerprint density at radius 3 is 2.06 bits per heavy atom. The highest BCUT2D eigenvalue weighted by Gasteiger charge is 2.37. The maximum Gasteiger partial charge on any atom is 0.573 e. The molecule has 0 aromatic heterocycles. The van der Waals surface area contributed by atoms with Gasteiger partial charge in [0, 0.05) is 6.54 Å². The lowest BCUT2D eigenvalue weighted by atomic mass is 10.1. The van der Waals surface area contributed by atoms with E-state index in [1.807, 2.05) is 0 Å². The number of carbonyl (C=O) groups is 3. The van der Waals surface area contributed by atoms with Gasteiger partial charge in [-0.3, -0.25) is 24.5 Å². The Balaban J connectivity index is 1.65. The van der Waals surface area contributed by atoms with Crippen molar-refractivity contribution in [3.05, 3.63) is 59.7 Å². The van der Waals surface area contributed by atoms with E-state index in [1.165, 1.54) is 12.1 Å². The minimum atomic E-state index is -4.99. The first-order chi connectivity index (χ1) is 15.3. The fraction of sp³-hybridized carbons (Fsp3) is 0.211. The van der Waals surface area contributed by atoms with Crippen LogP contribution in [0.1, 0.15) is 27.1 Å². The zero-order valence-corrected chi connectivity index (χ0v) is 17.3. The number of hydrogen-bond donors (Lipinski definition) is 2. The Labute approximate surface area is 185 Å². The SMILES string of the molecule is NC(CCN1C(=O)c2ccccc2C1=O)C(=O)N(O)S(=O)(=O)c1ccc(OC(F)(F)F)cc1. The van der Waals surface area contributed by atoms with Crippen LogP contribution in [0.4, 0.5) is 13.2 Å². The van der Waals surface area contributed by atoms with Crippen LogP contribution >= 0.6 is 0 Å². The summed E-state index contributed by atoms with van der Waals surface area (Å²) in [6.45, 7) is -0.323. The first kappa shape index (κ1) is 24.2. The molecular formula is C19H16F3N3O7S. The summed E-state index contributed by atoms with van der Waals surface area (Å²) in [5.74, 6) is -3.40. The zero-order valence-electron chi connectivity index (χ0n) is 16.5. The van der Waals surface area contributed by atoms with Gasteiger partial charge in [0.05, 0.1) is 22.1 Å². The van der Waals surface area contributed by atoms with Crippen molar-refractivity contribution in [3.63, 3.8) is 0 Å². The Morgan fingerprint density at radius 1 is 1.06 bits per heavy atom. The van der Waals surface area contributed by atoms with E-state index in [-0.39, 0.29) is 24.1 Å². The highest BCUT2D eigenvalue weighted by atomic mass is 32.2. The van der Waals surface area contributed by atoms with Gasteiger partial charge in [-0.2, -0.15) is 8.42 Å². The second kappa shape index (κ2) is 8.80. The van der Waals surface area contributed by atoms with E-state index in [1.54, 1.807) is 12.1 Å². The normalized spacial score (nSPS) is 14.8. The van der Waals surface area contributed by atoms with Crippen LogP contribution < -0.4 is 10.5 Å². The molecule has 3 N–H and O–H groups in total. The first-order valence-electron chi connectivity index (χ1n) is 9.17. The number of rotatable bonds is 7. The number of nitrogens with zero attached hydrogens (tertiary/aromatic N) is 2. The van der Waals surface area contributed by atoms with Crippen molar-refractivity contribution < 1.29 is 45.9 Å². The Hall–Kier alpha value is -3.49. The largest absolute Gasteiger partial charge is 0.573 e. The van der Waals surface area contributed by atoms with Gasteiger partial charge < -0.3 is 10.5 Å². The molecule has 0 radical (unpaired) electrons.